The van der Waals surface area contributed by atoms with E-state index in [2.05, 4.69) is 15.3 Å². The normalized spacial score (nSPS) is 11.9. The quantitative estimate of drug-likeness (QED) is 0.419. The van der Waals surface area contributed by atoms with E-state index in [1.54, 1.807) is 30.6 Å². The fraction of sp³-hybridized carbons (Fsp3) is 0.0435. The number of hydrogen-bond donors (Lipinski definition) is 2. The molecule has 0 fully saturated rings. The van der Waals surface area contributed by atoms with Crippen molar-refractivity contribution in [3.05, 3.63) is 107 Å². The Hall–Kier alpha value is -3.35. The number of aromatic nitrogens is 2. The lowest BCUT2D eigenvalue weighted by molar-refractivity contribution is 0.220. The molecule has 150 valence electrons. The first-order valence-corrected chi connectivity index (χ1v) is 9.45. The molecule has 4 aromatic rings. The third-order valence-electron chi connectivity index (χ3n) is 4.60. The van der Waals surface area contributed by atoms with Gasteiger partial charge >= 0.3 is 0 Å². The van der Waals surface area contributed by atoms with Crippen LogP contribution in [0, 0.1) is 11.6 Å². The number of rotatable bonds is 5. The predicted molar refractivity (Wildman–Crippen MR) is 113 cm³/mol. The molecule has 0 amide bonds. The number of pyridine rings is 2. The Morgan fingerprint density at radius 3 is 2.40 bits per heavy atom. The number of nitrogens with one attached hydrogen (secondary N) is 1. The monoisotopic (exact) mass is 423 g/mol. The van der Waals surface area contributed by atoms with Gasteiger partial charge in [0.05, 0.1) is 5.69 Å². The van der Waals surface area contributed by atoms with Crippen LogP contribution < -0.4 is 5.32 Å². The summed E-state index contributed by atoms with van der Waals surface area (Å²) in [5.41, 5.74) is 3.01. The highest BCUT2D eigenvalue weighted by Crippen LogP contribution is 2.32. The topological polar surface area (TPSA) is 58.0 Å². The molecule has 2 heterocycles. The molecular weight excluding hydrogens is 408 g/mol. The van der Waals surface area contributed by atoms with Crippen molar-refractivity contribution in [1.29, 1.82) is 0 Å². The molecule has 0 aliphatic heterocycles. The maximum Gasteiger partial charge on any atom is 0.149 e. The molecule has 4 nitrogen and oxygen atoms in total. The van der Waals surface area contributed by atoms with Gasteiger partial charge in [0.1, 0.15) is 23.6 Å². The van der Waals surface area contributed by atoms with Crippen molar-refractivity contribution in [1.82, 2.24) is 9.97 Å². The molecular formula is C23H16ClF2N3O. The van der Waals surface area contributed by atoms with Crippen molar-refractivity contribution < 1.29 is 13.9 Å². The van der Waals surface area contributed by atoms with E-state index in [-0.39, 0.29) is 5.69 Å². The molecule has 1 unspecified atom stereocenters. The first kappa shape index (κ1) is 19.9. The van der Waals surface area contributed by atoms with E-state index in [0.29, 0.717) is 22.0 Å². The second-order valence-electron chi connectivity index (χ2n) is 6.60. The summed E-state index contributed by atoms with van der Waals surface area (Å²) in [6.07, 6.45) is 3.87. The Labute approximate surface area is 176 Å². The molecule has 2 aromatic carbocycles. The molecule has 2 aromatic heterocycles. The Balaban J connectivity index is 1.57. The van der Waals surface area contributed by atoms with Crippen molar-refractivity contribution in [2.24, 2.45) is 0 Å². The number of benzene rings is 2. The van der Waals surface area contributed by atoms with E-state index in [0.717, 1.165) is 23.3 Å². The molecule has 1 atom stereocenters. The summed E-state index contributed by atoms with van der Waals surface area (Å²) in [4.78, 5) is 8.22. The number of hydrogen-bond acceptors (Lipinski definition) is 4. The van der Waals surface area contributed by atoms with E-state index >= 15 is 0 Å². The first-order chi connectivity index (χ1) is 14.5. The van der Waals surface area contributed by atoms with Crippen molar-refractivity contribution in [3.63, 3.8) is 0 Å². The van der Waals surface area contributed by atoms with Crippen LogP contribution in [0.15, 0.2) is 79.3 Å². The number of nitrogens with zero attached hydrogens (tertiary/aromatic N) is 2. The van der Waals surface area contributed by atoms with Crippen molar-refractivity contribution in [2.45, 2.75) is 6.10 Å². The molecule has 7 heteroatoms. The molecule has 0 saturated heterocycles. The van der Waals surface area contributed by atoms with Crippen LogP contribution in [0.5, 0.6) is 0 Å². The van der Waals surface area contributed by atoms with Crippen LogP contribution in [-0.4, -0.2) is 15.1 Å². The van der Waals surface area contributed by atoms with Crippen LogP contribution in [0.1, 0.15) is 17.2 Å². The molecule has 0 spiro atoms. The van der Waals surface area contributed by atoms with E-state index in [1.165, 1.54) is 12.3 Å². The highest BCUT2D eigenvalue weighted by atomic mass is 35.5. The standard InChI is InChI=1S/C23H16ClF2N3O/c24-19-4-1-15(14-7-9-27-10-8-14)11-18(19)23(30)16-2-6-22(28-13-16)29-21-5-3-17(25)12-20(21)26/h1-13,23,30H,(H,28,29). The summed E-state index contributed by atoms with van der Waals surface area (Å²) in [5.74, 6) is -1.02. The minimum atomic E-state index is -0.997. The summed E-state index contributed by atoms with van der Waals surface area (Å²) < 4.78 is 26.8. The van der Waals surface area contributed by atoms with Crippen molar-refractivity contribution in [3.8, 4) is 11.1 Å². The van der Waals surface area contributed by atoms with Crippen LogP contribution in [-0.2, 0) is 0 Å². The number of halogens is 3. The van der Waals surface area contributed by atoms with E-state index in [4.69, 9.17) is 11.6 Å². The molecule has 30 heavy (non-hydrogen) atoms. The van der Waals surface area contributed by atoms with Gasteiger partial charge in [0, 0.05) is 40.8 Å². The van der Waals surface area contributed by atoms with Crippen LogP contribution in [0.3, 0.4) is 0 Å². The number of aliphatic hydroxyl groups excluding tert-OH is 1. The first-order valence-electron chi connectivity index (χ1n) is 9.07. The van der Waals surface area contributed by atoms with Crippen molar-refractivity contribution >= 4 is 23.1 Å². The lowest BCUT2D eigenvalue weighted by Gasteiger charge is -2.15. The van der Waals surface area contributed by atoms with Gasteiger partial charge in [0.2, 0.25) is 0 Å². The second-order valence-corrected chi connectivity index (χ2v) is 7.01. The van der Waals surface area contributed by atoms with Crippen LogP contribution >= 0.6 is 11.6 Å². The molecule has 2 N–H and O–H groups in total. The maximum absolute atomic E-state index is 13.8. The van der Waals surface area contributed by atoms with Gasteiger partial charge in [0.25, 0.3) is 0 Å². The smallest absolute Gasteiger partial charge is 0.149 e. The molecule has 0 radical (unpaired) electrons. The van der Waals surface area contributed by atoms with Crippen molar-refractivity contribution in [2.75, 3.05) is 5.32 Å². The highest BCUT2D eigenvalue weighted by Gasteiger charge is 2.16. The third kappa shape index (κ3) is 4.30. The lowest BCUT2D eigenvalue weighted by Crippen LogP contribution is -2.03. The van der Waals surface area contributed by atoms with Gasteiger partial charge in [-0.2, -0.15) is 0 Å². The zero-order chi connectivity index (χ0) is 21.1. The van der Waals surface area contributed by atoms with Crippen LogP contribution in [0.4, 0.5) is 20.3 Å². The average molecular weight is 424 g/mol. The summed E-state index contributed by atoms with van der Waals surface area (Å²) in [5, 5.41) is 14.0. The van der Waals surface area contributed by atoms with Gasteiger partial charge in [-0.1, -0.05) is 23.7 Å². The van der Waals surface area contributed by atoms with Gasteiger partial charge in [-0.15, -0.1) is 0 Å². The van der Waals surface area contributed by atoms with Gasteiger partial charge in [-0.3, -0.25) is 4.98 Å². The van der Waals surface area contributed by atoms with Gasteiger partial charge in [0.15, 0.2) is 0 Å². The molecule has 0 aliphatic rings. The SMILES string of the molecule is OC(c1ccc(Nc2ccc(F)cc2F)nc1)c1cc(-c2ccncc2)ccc1Cl. The summed E-state index contributed by atoms with van der Waals surface area (Å²) in [7, 11) is 0. The Morgan fingerprint density at radius 2 is 1.70 bits per heavy atom. The fourth-order valence-electron chi connectivity index (χ4n) is 3.03. The average Bonchev–Trinajstić information content (AvgIpc) is 2.77. The zero-order valence-electron chi connectivity index (χ0n) is 15.6. The van der Waals surface area contributed by atoms with Gasteiger partial charge in [-0.25, -0.2) is 13.8 Å². The van der Waals surface area contributed by atoms with E-state index in [1.807, 2.05) is 24.3 Å². The largest absolute Gasteiger partial charge is 0.384 e. The number of aliphatic hydroxyl groups is 1. The molecule has 0 saturated carbocycles. The fourth-order valence-corrected chi connectivity index (χ4v) is 3.25. The van der Waals surface area contributed by atoms with E-state index < -0.39 is 17.7 Å². The van der Waals surface area contributed by atoms with E-state index in [9.17, 15) is 13.9 Å². The third-order valence-corrected chi connectivity index (χ3v) is 4.94. The molecule has 0 aliphatic carbocycles. The summed E-state index contributed by atoms with van der Waals surface area (Å²) in [6, 6.07) is 15.7. The minimum absolute atomic E-state index is 0.102. The predicted octanol–water partition coefficient (Wildman–Crippen LogP) is 5.90. The lowest BCUT2D eigenvalue weighted by atomic mass is 9.98. The highest BCUT2D eigenvalue weighted by molar-refractivity contribution is 6.31. The zero-order valence-corrected chi connectivity index (χ0v) is 16.3. The minimum Gasteiger partial charge on any atom is -0.384 e. The molecule has 0 bridgehead atoms. The second kappa shape index (κ2) is 8.57. The Bertz CT molecular complexity index is 1170. The number of anilines is 2. The Morgan fingerprint density at radius 1 is 0.900 bits per heavy atom. The molecule has 4 rings (SSSR count). The van der Waals surface area contributed by atoms with Crippen LogP contribution in [0.25, 0.3) is 11.1 Å². The van der Waals surface area contributed by atoms with Crippen LogP contribution in [0.2, 0.25) is 5.02 Å². The summed E-state index contributed by atoms with van der Waals surface area (Å²) in [6.45, 7) is 0. The maximum atomic E-state index is 13.8. The Kier molecular flexibility index (Phi) is 5.70. The van der Waals surface area contributed by atoms with Gasteiger partial charge in [-0.05, 0) is 53.6 Å². The summed E-state index contributed by atoms with van der Waals surface area (Å²) >= 11 is 6.32. The van der Waals surface area contributed by atoms with Gasteiger partial charge < -0.3 is 10.4 Å².